The Hall–Kier alpha value is -4.26. The summed E-state index contributed by atoms with van der Waals surface area (Å²) in [5, 5.41) is 3.14. The van der Waals surface area contributed by atoms with Crippen molar-refractivity contribution in [3.8, 4) is 17.2 Å². The molecule has 1 N–H and O–H groups in total. The van der Waals surface area contributed by atoms with E-state index in [1.54, 1.807) is 69.9 Å². The van der Waals surface area contributed by atoms with E-state index in [9.17, 15) is 9.59 Å². The molecule has 3 aromatic carbocycles. The summed E-state index contributed by atoms with van der Waals surface area (Å²) in [7, 11) is 4.71. The molecule has 0 aliphatic carbocycles. The fourth-order valence-electron chi connectivity index (χ4n) is 3.66. The van der Waals surface area contributed by atoms with E-state index in [1.807, 2.05) is 24.3 Å². The fourth-order valence-corrected chi connectivity index (χ4v) is 3.66. The predicted octanol–water partition coefficient (Wildman–Crippen LogP) is 4.10. The van der Waals surface area contributed by atoms with Gasteiger partial charge in [-0.25, -0.2) is 0 Å². The van der Waals surface area contributed by atoms with Crippen molar-refractivity contribution < 1.29 is 23.8 Å². The van der Waals surface area contributed by atoms with Crippen molar-refractivity contribution >= 4 is 23.1 Å². The zero-order valence-electron chi connectivity index (χ0n) is 18.6. The quantitative estimate of drug-likeness (QED) is 0.527. The third-order valence-electron chi connectivity index (χ3n) is 5.41. The SMILES string of the molecule is COc1ccc(CN2C(=O)C(Nc3ccccc3OC)=C(c3ccc(OC)cc3)C2=O)cc1. The van der Waals surface area contributed by atoms with Crippen molar-refractivity contribution in [3.63, 3.8) is 0 Å². The van der Waals surface area contributed by atoms with Gasteiger partial charge in [0.25, 0.3) is 11.8 Å². The first kappa shape index (κ1) is 22.0. The number of rotatable bonds is 8. The number of anilines is 1. The maximum Gasteiger partial charge on any atom is 0.278 e. The van der Waals surface area contributed by atoms with Crippen molar-refractivity contribution in [2.75, 3.05) is 26.6 Å². The molecule has 0 bridgehead atoms. The smallest absolute Gasteiger partial charge is 0.278 e. The van der Waals surface area contributed by atoms with Crippen LogP contribution in [0.4, 0.5) is 5.69 Å². The number of methoxy groups -OCH3 is 3. The first-order valence-corrected chi connectivity index (χ1v) is 10.3. The highest BCUT2D eigenvalue weighted by Crippen LogP contribution is 2.34. The van der Waals surface area contributed by atoms with E-state index in [0.29, 0.717) is 34.1 Å². The van der Waals surface area contributed by atoms with Gasteiger partial charge >= 0.3 is 0 Å². The van der Waals surface area contributed by atoms with Crippen LogP contribution in [-0.4, -0.2) is 38.0 Å². The number of nitrogens with one attached hydrogen (secondary N) is 1. The summed E-state index contributed by atoms with van der Waals surface area (Å²) in [6, 6.07) is 21.5. The van der Waals surface area contributed by atoms with Crippen LogP contribution in [0, 0.1) is 0 Å². The lowest BCUT2D eigenvalue weighted by Gasteiger charge is -2.16. The number of hydrogen-bond acceptors (Lipinski definition) is 6. The maximum atomic E-state index is 13.5. The molecule has 0 unspecified atom stereocenters. The number of amides is 2. The van der Waals surface area contributed by atoms with E-state index in [-0.39, 0.29) is 18.1 Å². The van der Waals surface area contributed by atoms with Crippen LogP contribution < -0.4 is 19.5 Å². The summed E-state index contributed by atoms with van der Waals surface area (Å²) in [5.74, 6) is 1.14. The molecule has 0 spiro atoms. The van der Waals surface area contributed by atoms with E-state index in [0.717, 1.165) is 5.56 Å². The normalized spacial score (nSPS) is 13.4. The van der Waals surface area contributed by atoms with Crippen molar-refractivity contribution in [1.29, 1.82) is 0 Å². The molecule has 168 valence electrons. The summed E-state index contributed by atoms with van der Waals surface area (Å²) >= 11 is 0. The van der Waals surface area contributed by atoms with E-state index in [1.165, 1.54) is 4.90 Å². The number of ether oxygens (including phenoxy) is 3. The Bertz CT molecular complexity index is 1200. The van der Waals surface area contributed by atoms with Crippen LogP contribution in [0.15, 0.2) is 78.5 Å². The lowest BCUT2D eigenvalue weighted by atomic mass is 10.0. The molecular formula is C26H24N2O5. The highest BCUT2D eigenvalue weighted by Gasteiger charge is 2.39. The van der Waals surface area contributed by atoms with Gasteiger partial charge in [-0.05, 0) is 47.5 Å². The van der Waals surface area contributed by atoms with E-state index >= 15 is 0 Å². The van der Waals surface area contributed by atoms with Crippen LogP contribution in [0.5, 0.6) is 17.2 Å². The van der Waals surface area contributed by atoms with Gasteiger partial charge in [-0.3, -0.25) is 14.5 Å². The largest absolute Gasteiger partial charge is 0.497 e. The Labute approximate surface area is 192 Å². The molecule has 1 heterocycles. The van der Waals surface area contributed by atoms with E-state index in [4.69, 9.17) is 14.2 Å². The molecule has 1 aliphatic heterocycles. The summed E-state index contributed by atoms with van der Waals surface area (Å²) in [6.07, 6.45) is 0. The Morgan fingerprint density at radius 3 is 1.94 bits per heavy atom. The summed E-state index contributed by atoms with van der Waals surface area (Å²) < 4.78 is 15.8. The second-order valence-corrected chi connectivity index (χ2v) is 7.35. The molecule has 0 saturated heterocycles. The van der Waals surface area contributed by atoms with Gasteiger partial charge in [0.05, 0.1) is 39.1 Å². The molecule has 1 aliphatic rings. The number of imide groups is 1. The van der Waals surface area contributed by atoms with Crippen molar-refractivity contribution in [2.45, 2.75) is 6.54 Å². The second-order valence-electron chi connectivity index (χ2n) is 7.35. The van der Waals surface area contributed by atoms with Crippen molar-refractivity contribution in [1.82, 2.24) is 4.90 Å². The van der Waals surface area contributed by atoms with Crippen LogP contribution in [0.2, 0.25) is 0 Å². The molecule has 2 amide bonds. The van der Waals surface area contributed by atoms with Gasteiger partial charge in [0.1, 0.15) is 22.9 Å². The van der Waals surface area contributed by atoms with Crippen LogP contribution >= 0.6 is 0 Å². The Kier molecular flexibility index (Phi) is 6.31. The maximum absolute atomic E-state index is 13.5. The molecule has 33 heavy (non-hydrogen) atoms. The van der Waals surface area contributed by atoms with E-state index in [2.05, 4.69) is 5.32 Å². The Morgan fingerprint density at radius 2 is 1.33 bits per heavy atom. The Morgan fingerprint density at radius 1 is 0.727 bits per heavy atom. The van der Waals surface area contributed by atoms with Crippen molar-refractivity contribution in [3.05, 3.63) is 89.6 Å². The molecule has 4 rings (SSSR count). The minimum Gasteiger partial charge on any atom is -0.497 e. The molecule has 0 aromatic heterocycles. The highest BCUT2D eigenvalue weighted by molar-refractivity contribution is 6.36. The van der Waals surface area contributed by atoms with Crippen LogP contribution in [0.1, 0.15) is 11.1 Å². The number of carbonyl (C=O) groups is 2. The minimum absolute atomic E-state index is 0.137. The molecular weight excluding hydrogens is 420 g/mol. The van der Waals surface area contributed by atoms with Gasteiger partial charge in [-0.1, -0.05) is 36.4 Å². The van der Waals surface area contributed by atoms with E-state index < -0.39 is 5.91 Å². The summed E-state index contributed by atoms with van der Waals surface area (Å²) in [5.41, 5.74) is 2.51. The molecule has 0 fully saturated rings. The van der Waals surface area contributed by atoms with Gasteiger partial charge in [-0.2, -0.15) is 0 Å². The second kappa shape index (κ2) is 9.48. The topological polar surface area (TPSA) is 77.1 Å². The van der Waals surface area contributed by atoms with Crippen molar-refractivity contribution in [2.24, 2.45) is 0 Å². The summed E-state index contributed by atoms with van der Waals surface area (Å²) in [4.78, 5) is 28.2. The number of carbonyl (C=O) groups excluding carboxylic acids is 2. The summed E-state index contributed by atoms with van der Waals surface area (Å²) in [6.45, 7) is 0.137. The zero-order chi connectivity index (χ0) is 23.4. The third-order valence-corrected chi connectivity index (χ3v) is 5.41. The predicted molar refractivity (Wildman–Crippen MR) is 125 cm³/mol. The van der Waals surface area contributed by atoms with Gasteiger partial charge in [-0.15, -0.1) is 0 Å². The first-order valence-electron chi connectivity index (χ1n) is 10.3. The number of benzene rings is 3. The van der Waals surface area contributed by atoms with Crippen LogP contribution in [-0.2, 0) is 16.1 Å². The molecule has 3 aromatic rings. The first-order chi connectivity index (χ1) is 16.0. The molecule has 7 heteroatoms. The zero-order valence-corrected chi connectivity index (χ0v) is 18.6. The molecule has 0 atom stereocenters. The number of para-hydroxylation sites is 2. The standard InChI is InChI=1S/C26H24N2O5/c1-31-19-12-8-17(9-13-19)16-28-25(29)23(18-10-14-20(32-2)15-11-18)24(26(28)30)27-21-6-4-5-7-22(21)33-3/h4-15,27H,16H2,1-3H3. The third kappa shape index (κ3) is 4.39. The molecule has 0 saturated carbocycles. The molecule has 0 radical (unpaired) electrons. The van der Waals surface area contributed by atoms with Gasteiger partial charge < -0.3 is 19.5 Å². The highest BCUT2D eigenvalue weighted by atomic mass is 16.5. The Balaban J connectivity index is 1.73. The minimum atomic E-state index is -0.410. The van der Waals surface area contributed by atoms with Gasteiger partial charge in [0.2, 0.25) is 0 Å². The molecule has 7 nitrogen and oxygen atoms in total. The van der Waals surface area contributed by atoms with Gasteiger partial charge in [0.15, 0.2) is 0 Å². The lowest BCUT2D eigenvalue weighted by molar-refractivity contribution is -0.137. The number of hydrogen-bond donors (Lipinski definition) is 1. The average molecular weight is 444 g/mol. The monoisotopic (exact) mass is 444 g/mol. The van der Waals surface area contributed by atoms with Crippen LogP contribution in [0.25, 0.3) is 5.57 Å². The lowest BCUT2D eigenvalue weighted by Crippen LogP contribution is -2.32. The van der Waals surface area contributed by atoms with Crippen LogP contribution in [0.3, 0.4) is 0 Å². The van der Waals surface area contributed by atoms with Gasteiger partial charge in [0, 0.05) is 0 Å². The average Bonchev–Trinajstić information content (AvgIpc) is 3.09. The number of nitrogens with zero attached hydrogens (tertiary/aromatic N) is 1. The fraction of sp³-hybridized carbons (Fsp3) is 0.154.